The number of nitrogens with zero attached hydrogens (tertiary/aromatic N) is 4. The SMILES string of the molecule is c1cc(N[C@@H]2CCN(Cc3ccncn3)C2)c2ccncc2c1. The Balaban J connectivity index is 1.44. The summed E-state index contributed by atoms with van der Waals surface area (Å²) in [7, 11) is 0. The molecule has 1 atom stereocenters. The maximum Gasteiger partial charge on any atom is 0.115 e. The number of pyridine rings is 1. The minimum atomic E-state index is 0.468. The van der Waals surface area contributed by atoms with Crippen LogP contribution < -0.4 is 5.32 Å². The summed E-state index contributed by atoms with van der Waals surface area (Å²) in [6.07, 6.45) is 8.33. The molecule has 0 amide bonds. The molecule has 1 fully saturated rings. The zero-order chi connectivity index (χ0) is 15.5. The maximum absolute atomic E-state index is 4.31. The van der Waals surface area contributed by atoms with E-state index in [1.54, 1.807) is 12.5 Å². The molecule has 23 heavy (non-hydrogen) atoms. The lowest BCUT2D eigenvalue weighted by Crippen LogP contribution is -2.26. The van der Waals surface area contributed by atoms with E-state index in [9.17, 15) is 0 Å². The molecule has 0 spiro atoms. The number of nitrogens with one attached hydrogen (secondary N) is 1. The van der Waals surface area contributed by atoms with Crippen LogP contribution in [0.1, 0.15) is 12.1 Å². The van der Waals surface area contributed by atoms with Gasteiger partial charge in [-0.3, -0.25) is 9.88 Å². The zero-order valence-corrected chi connectivity index (χ0v) is 12.9. The number of hydrogen-bond donors (Lipinski definition) is 1. The predicted molar refractivity (Wildman–Crippen MR) is 91.1 cm³/mol. The van der Waals surface area contributed by atoms with Crippen LogP contribution in [0.5, 0.6) is 0 Å². The molecular weight excluding hydrogens is 286 g/mol. The van der Waals surface area contributed by atoms with Gasteiger partial charge in [-0.25, -0.2) is 9.97 Å². The first kappa shape index (κ1) is 14.1. The van der Waals surface area contributed by atoms with Crippen LogP contribution in [0, 0.1) is 0 Å². The molecule has 1 aliphatic heterocycles. The standard InChI is InChI=1S/C18H19N5/c1-2-14-10-19-8-5-17(14)18(3-1)22-16-6-9-23(12-16)11-15-4-7-20-13-21-15/h1-5,7-8,10,13,16,22H,6,9,11-12H2/t16-/m1/s1. The molecule has 0 bridgehead atoms. The summed E-state index contributed by atoms with van der Waals surface area (Å²) in [4.78, 5) is 14.9. The van der Waals surface area contributed by atoms with E-state index in [4.69, 9.17) is 0 Å². The Bertz CT molecular complexity index is 784. The first-order chi connectivity index (χ1) is 11.4. The topological polar surface area (TPSA) is 53.9 Å². The highest BCUT2D eigenvalue weighted by atomic mass is 15.2. The minimum Gasteiger partial charge on any atom is -0.380 e. The van der Waals surface area contributed by atoms with Crippen molar-refractivity contribution in [2.75, 3.05) is 18.4 Å². The summed E-state index contributed by atoms with van der Waals surface area (Å²) in [6.45, 7) is 3.01. The van der Waals surface area contributed by atoms with Crippen molar-refractivity contribution in [1.82, 2.24) is 19.9 Å². The molecule has 4 rings (SSSR count). The van der Waals surface area contributed by atoms with Gasteiger partial charge in [0.2, 0.25) is 0 Å². The van der Waals surface area contributed by atoms with Gasteiger partial charge in [-0.05, 0) is 24.6 Å². The van der Waals surface area contributed by atoms with Crippen molar-refractivity contribution in [3.8, 4) is 0 Å². The Labute approximate surface area is 135 Å². The number of likely N-dealkylation sites (tertiary alicyclic amines) is 1. The third kappa shape index (κ3) is 3.14. The summed E-state index contributed by atoms with van der Waals surface area (Å²) in [5.41, 5.74) is 2.27. The summed E-state index contributed by atoms with van der Waals surface area (Å²) in [6, 6.07) is 10.9. The van der Waals surface area contributed by atoms with Crippen LogP contribution in [-0.2, 0) is 6.54 Å². The highest BCUT2D eigenvalue weighted by Gasteiger charge is 2.22. The van der Waals surface area contributed by atoms with Crippen molar-refractivity contribution in [3.05, 3.63) is 60.9 Å². The van der Waals surface area contributed by atoms with Crippen molar-refractivity contribution in [2.24, 2.45) is 0 Å². The van der Waals surface area contributed by atoms with Crippen molar-refractivity contribution < 1.29 is 0 Å². The Morgan fingerprint density at radius 1 is 1.13 bits per heavy atom. The molecule has 1 N–H and O–H groups in total. The Morgan fingerprint density at radius 2 is 2.09 bits per heavy atom. The monoisotopic (exact) mass is 305 g/mol. The highest BCUT2D eigenvalue weighted by molar-refractivity contribution is 5.93. The first-order valence-electron chi connectivity index (χ1n) is 7.95. The lowest BCUT2D eigenvalue weighted by Gasteiger charge is -2.18. The van der Waals surface area contributed by atoms with Gasteiger partial charge in [0.1, 0.15) is 6.33 Å². The Kier molecular flexibility index (Phi) is 3.86. The fraction of sp³-hybridized carbons (Fsp3) is 0.278. The smallest absolute Gasteiger partial charge is 0.115 e. The van der Waals surface area contributed by atoms with Gasteiger partial charge in [0, 0.05) is 60.7 Å². The van der Waals surface area contributed by atoms with E-state index in [1.807, 2.05) is 18.5 Å². The Hall–Kier alpha value is -2.53. The molecule has 1 saturated heterocycles. The predicted octanol–water partition coefficient (Wildman–Crippen LogP) is 2.71. The average molecular weight is 305 g/mol. The lowest BCUT2D eigenvalue weighted by atomic mass is 10.1. The maximum atomic E-state index is 4.31. The third-order valence-electron chi connectivity index (χ3n) is 4.34. The van der Waals surface area contributed by atoms with E-state index in [0.717, 1.165) is 31.7 Å². The van der Waals surface area contributed by atoms with Crippen molar-refractivity contribution >= 4 is 16.5 Å². The van der Waals surface area contributed by atoms with Gasteiger partial charge in [0.05, 0.1) is 5.69 Å². The van der Waals surface area contributed by atoms with E-state index in [-0.39, 0.29) is 0 Å². The summed E-state index contributed by atoms with van der Waals surface area (Å²) in [5.74, 6) is 0. The van der Waals surface area contributed by atoms with Gasteiger partial charge < -0.3 is 5.32 Å². The normalized spacial score (nSPS) is 18.3. The number of benzene rings is 1. The van der Waals surface area contributed by atoms with E-state index < -0.39 is 0 Å². The minimum absolute atomic E-state index is 0.468. The summed E-state index contributed by atoms with van der Waals surface area (Å²) >= 11 is 0. The van der Waals surface area contributed by atoms with E-state index in [1.165, 1.54) is 16.5 Å². The average Bonchev–Trinajstić information content (AvgIpc) is 3.03. The first-order valence-corrected chi connectivity index (χ1v) is 7.95. The molecule has 0 saturated carbocycles. The van der Waals surface area contributed by atoms with Gasteiger partial charge in [-0.2, -0.15) is 0 Å². The van der Waals surface area contributed by atoms with Crippen LogP contribution in [0.4, 0.5) is 5.69 Å². The number of fused-ring (bicyclic) bond motifs is 1. The molecule has 2 aromatic heterocycles. The van der Waals surface area contributed by atoms with Crippen LogP contribution in [0.2, 0.25) is 0 Å². The number of hydrogen-bond acceptors (Lipinski definition) is 5. The molecular formula is C18H19N5. The molecule has 3 aromatic rings. The molecule has 3 heterocycles. The second kappa shape index (κ2) is 6.30. The van der Waals surface area contributed by atoms with Crippen molar-refractivity contribution in [3.63, 3.8) is 0 Å². The molecule has 0 radical (unpaired) electrons. The van der Waals surface area contributed by atoms with Crippen LogP contribution in [0.3, 0.4) is 0 Å². The largest absolute Gasteiger partial charge is 0.380 e. The summed E-state index contributed by atoms with van der Waals surface area (Å²) < 4.78 is 0. The van der Waals surface area contributed by atoms with Gasteiger partial charge in [0.25, 0.3) is 0 Å². The summed E-state index contributed by atoms with van der Waals surface area (Å²) in [5, 5.41) is 6.10. The molecule has 5 heteroatoms. The molecule has 0 aliphatic carbocycles. The van der Waals surface area contributed by atoms with Gasteiger partial charge in [0.15, 0.2) is 0 Å². The second-order valence-electron chi connectivity index (χ2n) is 5.97. The van der Waals surface area contributed by atoms with Gasteiger partial charge >= 0.3 is 0 Å². The van der Waals surface area contributed by atoms with E-state index in [0.29, 0.717) is 6.04 Å². The van der Waals surface area contributed by atoms with Crippen LogP contribution >= 0.6 is 0 Å². The molecule has 5 nitrogen and oxygen atoms in total. The number of anilines is 1. The molecule has 116 valence electrons. The highest BCUT2D eigenvalue weighted by Crippen LogP contribution is 2.25. The quantitative estimate of drug-likeness (QED) is 0.803. The third-order valence-corrected chi connectivity index (χ3v) is 4.34. The van der Waals surface area contributed by atoms with E-state index >= 15 is 0 Å². The molecule has 1 aromatic carbocycles. The van der Waals surface area contributed by atoms with Crippen molar-refractivity contribution in [2.45, 2.75) is 19.0 Å². The van der Waals surface area contributed by atoms with Crippen LogP contribution in [0.25, 0.3) is 10.8 Å². The fourth-order valence-corrected chi connectivity index (χ4v) is 3.20. The van der Waals surface area contributed by atoms with Crippen molar-refractivity contribution in [1.29, 1.82) is 0 Å². The molecule has 0 unspecified atom stereocenters. The zero-order valence-electron chi connectivity index (χ0n) is 12.9. The fourth-order valence-electron chi connectivity index (χ4n) is 3.20. The van der Waals surface area contributed by atoms with E-state index in [2.05, 4.69) is 49.4 Å². The Morgan fingerprint density at radius 3 is 3.00 bits per heavy atom. The van der Waals surface area contributed by atoms with Gasteiger partial charge in [-0.1, -0.05) is 12.1 Å². The number of rotatable bonds is 4. The lowest BCUT2D eigenvalue weighted by molar-refractivity contribution is 0.324. The van der Waals surface area contributed by atoms with Crippen LogP contribution in [-0.4, -0.2) is 39.0 Å². The van der Waals surface area contributed by atoms with Crippen LogP contribution in [0.15, 0.2) is 55.2 Å². The number of aromatic nitrogens is 3. The second-order valence-corrected chi connectivity index (χ2v) is 5.97. The molecule has 1 aliphatic rings. The van der Waals surface area contributed by atoms with Gasteiger partial charge in [-0.15, -0.1) is 0 Å².